The molecule has 2 rings (SSSR count). The number of nitrogens with one attached hydrogen (secondary N) is 1. The van der Waals surface area contributed by atoms with Gasteiger partial charge >= 0.3 is 0 Å². The van der Waals surface area contributed by atoms with Crippen LogP contribution < -0.4 is 10.1 Å². The van der Waals surface area contributed by atoms with Gasteiger partial charge in [0.05, 0.1) is 24.1 Å². The lowest BCUT2D eigenvalue weighted by Crippen LogP contribution is -2.19. The van der Waals surface area contributed by atoms with Gasteiger partial charge in [-0.05, 0) is 53.7 Å². The summed E-state index contributed by atoms with van der Waals surface area (Å²) in [6.45, 7) is 10.5. The number of halogens is 1. The average molecular weight is 407 g/mol. The molecule has 0 saturated heterocycles. The molecule has 0 radical (unpaired) electrons. The molecule has 25 heavy (non-hydrogen) atoms. The molecular formula is C19H27BrN4O. The standard InChI is InChI=1S/C19H27BrN4O/c1-7-13(8-2)22-18-17(20)24-16(12(5)21-18)14-9-10-15(11(3)4)23-19(14)25-6/h9-11,13H,7-8H2,1-6H3,(H,21,22). The molecule has 6 heteroatoms. The van der Waals surface area contributed by atoms with Crippen LogP contribution in [0.15, 0.2) is 16.7 Å². The Morgan fingerprint density at radius 1 is 1.12 bits per heavy atom. The Kier molecular flexibility index (Phi) is 6.76. The van der Waals surface area contributed by atoms with E-state index in [2.05, 4.69) is 53.9 Å². The van der Waals surface area contributed by atoms with Gasteiger partial charge in [0.1, 0.15) is 4.60 Å². The molecule has 2 aromatic heterocycles. The lowest BCUT2D eigenvalue weighted by Gasteiger charge is -2.18. The first-order valence-electron chi connectivity index (χ1n) is 8.77. The van der Waals surface area contributed by atoms with Gasteiger partial charge in [-0.1, -0.05) is 27.7 Å². The van der Waals surface area contributed by atoms with Crippen molar-refractivity contribution in [1.82, 2.24) is 15.0 Å². The molecule has 0 amide bonds. The molecule has 5 nitrogen and oxygen atoms in total. The van der Waals surface area contributed by atoms with E-state index in [9.17, 15) is 0 Å². The highest BCUT2D eigenvalue weighted by Gasteiger charge is 2.18. The number of rotatable bonds is 7. The quantitative estimate of drug-likeness (QED) is 0.671. The van der Waals surface area contributed by atoms with Crippen molar-refractivity contribution in [3.05, 3.63) is 28.1 Å². The third-order valence-electron chi connectivity index (χ3n) is 4.28. The highest BCUT2D eigenvalue weighted by molar-refractivity contribution is 9.10. The van der Waals surface area contributed by atoms with Crippen molar-refractivity contribution in [3.8, 4) is 17.1 Å². The van der Waals surface area contributed by atoms with E-state index >= 15 is 0 Å². The maximum absolute atomic E-state index is 5.51. The summed E-state index contributed by atoms with van der Waals surface area (Å²) in [5.74, 6) is 1.70. The summed E-state index contributed by atoms with van der Waals surface area (Å²) in [4.78, 5) is 14.0. The van der Waals surface area contributed by atoms with E-state index in [1.165, 1.54) is 0 Å². The van der Waals surface area contributed by atoms with Crippen LogP contribution in [0.4, 0.5) is 5.82 Å². The second-order valence-corrected chi connectivity index (χ2v) is 7.15. The fourth-order valence-electron chi connectivity index (χ4n) is 2.64. The van der Waals surface area contributed by atoms with Crippen molar-refractivity contribution in [2.45, 2.75) is 59.4 Å². The number of aryl methyl sites for hydroxylation is 1. The summed E-state index contributed by atoms with van der Waals surface area (Å²) in [6, 6.07) is 4.42. The molecule has 136 valence electrons. The Bertz CT molecular complexity index is 730. The van der Waals surface area contributed by atoms with Crippen LogP contribution in [0.5, 0.6) is 5.88 Å². The number of nitrogens with zero attached hydrogens (tertiary/aromatic N) is 3. The average Bonchev–Trinajstić information content (AvgIpc) is 2.61. The van der Waals surface area contributed by atoms with E-state index in [0.29, 0.717) is 22.4 Å². The van der Waals surface area contributed by atoms with Gasteiger partial charge in [0.15, 0.2) is 5.82 Å². The lowest BCUT2D eigenvalue weighted by molar-refractivity contribution is 0.397. The first-order valence-corrected chi connectivity index (χ1v) is 9.56. The first-order chi connectivity index (χ1) is 11.9. The maximum atomic E-state index is 5.51. The second kappa shape index (κ2) is 8.61. The highest BCUT2D eigenvalue weighted by Crippen LogP contribution is 2.33. The molecule has 0 saturated carbocycles. The molecule has 0 aliphatic heterocycles. The minimum atomic E-state index is 0.341. The molecular weight excluding hydrogens is 380 g/mol. The van der Waals surface area contributed by atoms with Crippen molar-refractivity contribution in [2.24, 2.45) is 0 Å². The van der Waals surface area contributed by atoms with Gasteiger partial charge in [-0.3, -0.25) is 0 Å². The fraction of sp³-hybridized carbons (Fsp3) is 0.526. The zero-order chi connectivity index (χ0) is 18.6. The zero-order valence-electron chi connectivity index (χ0n) is 15.9. The Labute approximate surface area is 158 Å². The number of ether oxygens (including phenoxy) is 1. The van der Waals surface area contributed by atoms with Crippen molar-refractivity contribution in [2.75, 3.05) is 12.4 Å². The molecule has 0 unspecified atom stereocenters. The summed E-state index contributed by atoms with van der Waals surface area (Å²) in [7, 11) is 1.64. The zero-order valence-corrected chi connectivity index (χ0v) is 17.4. The van der Waals surface area contributed by atoms with Crippen LogP contribution in [0.3, 0.4) is 0 Å². The van der Waals surface area contributed by atoms with Crippen LogP contribution in [-0.2, 0) is 0 Å². The summed E-state index contributed by atoms with van der Waals surface area (Å²) < 4.78 is 6.21. The predicted octanol–water partition coefficient (Wildman–Crippen LogP) is 5.34. The van der Waals surface area contributed by atoms with Crippen LogP contribution in [0.2, 0.25) is 0 Å². The van der Waals surface area contributed by atoms with Gasteiger partial charge in [-0.25, -0.2) is 15.0 Å². The number of pyridine rings is 1. The molecule has 0 spiro atoms. The largest absolute Gasteiger partial charge is 0.480 e. The van der Waals surface area contributed by atoms with E-state index in [4.69, 9.17) is 14.7 Å². The normalized spacial score (nSPS) is 11.2. The number of hydrogen-bond donors (Lipinski definition) is 1. The fourth-order valence-corrected chi connectivity index (χ4v) is 3.02. The van der Waals surface area contributed by atoms with Crippen LogP contribution in [0, 0.1) is 6.92 Å². The third-order valence-corrected chi connectivity index (χ3v) is 4.83. The van der Waals surface area contributed by atoms with Gasteiger partial charge in [0, 0.05) is 11.7 Å². The van der Waals surface area contributed by atoms with E-state index in [-0.39, 0.29) is 0 Å². The molecule has 0 bridgehead atoms. The minimum Gasteiger partial charge on any atom is -0.480 e. The number of anilines is 1. The van der Waals surface area contributed by atoms with Crippen LogP contribution in [0.25, 0.3) is 11.3 Å². The number of hydrogen-bond acceptors (Lipinski definition) is 5. The first kappa shape index (κ1) is 19.6. The molecule has 2 heterocycles. The summed E-state index contributed by atoms with van der Waals surface area (Å²) in [5, 5.41) is 3.45. The molecule has 0 fully saturated rings. The molecule has 2 aromatic rings. The topological polar surface area (TPSA) is 59.9 Å². The molecule has 0 aliphatic carbocycles. The Morgan fingerprint density at radius 3 is 2.36 bits per heavy atom. The summed E-state index contributed by atoms with van der Waals surface area (Å²) >= 11 is 3.55. The highest BCUT2D eigenvalue weighted by atomic mass is 79.9. The van der Waals surface area contributed by atoms with Crippen LogP contribution >= 0.6 is 15.9 Å². The van der Waals surface area contributed by atoms with E-state index < -0.39 is 0 Å². The summed E-state index contributed by atoms with van der Waals surface area (Å²) in [6.07, 6.45) is 2.08. The van der Waals surface area contributed by atoms with Gasteiger partial charge in [-0.15, -0.1) is 0 Å². The van der Waals surface area contributed by atoms with E-state index in [0.717, 1.165) is 41.3 Å². The van der Waals surface area contributed by atoms with Gasteiger partial charge in [0.2, 0.25) is 5.88 Å². The van der Waals surface area contributed by atoms with Crippen LogP contribution in [-0.4, -0.2) is 28.1 Å². The van der Waals surface area contributed by atoms with E-state index in [1.807, 2.05) is 19.1 Å². The molecule has 0 atom stereocenters. The second-order valence-electron chi connectivity index (χ2n) is 6.40. The third kappa shape index (κ3) is 4.48. The predicted molar refractivity (Wildman–Crippen MR) is 106 cm³/mol. The minimum absolute atomic E-state index is 0.341. The Hall–Kier alpha value is -1.69. The SMILES string of the molecule is CCC(CC)Nc1nc(C)c(-c2ccc(C(C)C)nc2OC)nc1Br. The number of aromatic nitrogens is 3. The van der Waals surface area contributed by atoms with Gasteiger partial charge in [0.25, 0.3) is 0 Å². The van der Waals surface area contributed by atoms with Crippen molar-refractivity contribution in [1.29, 1.82) is 0 Å². The van der Waals surface area contributed by atoms with E-state index in [1.54, 1.807) is 7.11 Å². The molecule has 0 aliphatic rings. The monoisotopic (exact) mass is 406 g/mol. The Balaban J connectivity index is 2.45. The number of methoxy groups -OCH3 is 1. The van der Waals surface area contributed by atoms with Gasteiger partial charge < -0.3 is 10.1 Å². The lowest BCUT2D eigenvalue weighted by atomic mass is 10.1. The van der Waals surface area contributed by atoms with Crippen molar-refractivity contribution in [3.63, 3.8) is 0 Å². The summed E-state index contributed by atoms with van der Waals surface area (Å²) in [5.41, 5.74) is 3.47. The van der Waals surface area contributed by atoms with Crippen molar-refractivity contribution >= 4 is 21.7 Å². The maximum Gasteiger partial charge on any atom is 0.222 e. The molecule has 1 N–H and O–H groups in total. The smallest absolute Gasteiger partial charge is 0.222 e. The van der Waals surface area contributed by atoms with Crippen molar-refractivity contribution < 1.29 is 4.74 Å². The molecule has 0 aromatic carbocycles. The van der Waals surface area contributed by atoms with Gasteiger partial charge in [-0.2, -0.15) is 0 Å². The van der Waals surface area contributed by atoms with Crippen LogP contribution in [0.1, 0.15) is 57.8 Å². The Morgan fingerprint density at radius 2 is 1.80 bits per heavy atom.